The molecule has 0 aromatic carbocycles. The lowest BCUT2D eigenvalue weighted by molar-refractivity contribution is -0.136. The molecule has 88 valence electrons. The fraction of sp³-hybridized carbons (Fsp3) is 0.750. The maximum atomic E-state index is 10.4. The molecular weight excluding hydrogens is 192 g/mol. The monoisotopic (exact) mass is 214 g/mol. The Hall–Kier alpha value is -0.830. The number of unbranched alkanes of at least 4 members (excludes halogenated alkanes) is 2. The molecule has 15 heavy (non-hydrogen) atoms. The predicted molar refractivity (Wildman–Crippen MR) is 60.8 cm³/mol. The smallest absolute Gasteiger partial charge is 0.307 e. The van der Waals surface area contributed by atoms with E-state index in [4.69, 9.17) is 5.11 Å². The molecule has 0 amide bonds. The van der Waals surface area contributed by atoms with Crippen LogP contribution in [0.3, 0.4) is 0 Å². The van der Waals surface area contributed by atoms with Gasteiger partial charge in [-0.15, -0.1) is 0 Å². The van der Waals surface area contributed by atoms with Gasteiger partial charge in [-0.1, -0.05) is 37.8 Å². The minimum absolute atomic E-state index is 0.0711. The fourth-order valence-electron chi connectivity index (χ4n) is 1.40. The van der Waals surface area contributed by atoms with Gasteiger partial charge >= 0.3 is 5.97 Å². The third-order valence-electron chi connectivity index (χ3n) is 2.31. The van der Waals surface area contributed by atoms with Crippen molar-refractivity contribution in [2.45, 2.75) is 58.5 Å². The van der Waals surface area contributed by atoms with Crippen LogP contribution in [0.4, 0.5) is 0 Å². The molecule has 0 heterocycles. The van der Waals surface area contributed by atoms with Gasteiger partial charge in [-0.05, 0) is 19.8 Å². The summed E-state index contributed by atoms with van der Waals surface area (Å²) in [6.45, 7) is 3.91. The van der Waals surface area contributed by atoms with Gasteiger partial charge < -0.3 is 10.2 Å². The van der Waals surface area contributed by atoms with Gasteiger partial charge in [-0.25, -0.2) is 0 Å². The first-order valence-corrected chi connectivity index (χ1v) is 5.61. The number of carboxylic acid groups (broad SMARTS) is 1. The highest BCUT2D eigenvalue weighted by Gasteiger charge is 2.03. The first-order chi connectivity index (χ1) is 7.06. The molecule has 1 unspecified atom stereocenters. The average Bonchev–Trinajstić information content (AvgIpc) is 2.14. The lowest BCUT2D eigenvalue weighted by Crippen LogP contribution is -2.05. The van der Waals surface area contributed by atoms with Gasteiger partial charge in [0.1, 0.15) is 0 Å². The van der Waals surface area contributed by atoms with Crippen molar-refractivity contribution in [3.8, 4) is 0 Å². The minimum atomic E-state index is -0.816. The normalized spacial score (nSPS) is 13.9. The summed E-state index contributed by atoms with van der Waals surface area (Å²) in [5.74, 6) is -0.816. The SMILES string of the molecule is CCCCCC(O)CC=C(C)CC(=O)O. The lowest BCUT2D eigenvalue weighted by atomic mass is 10.1. The van der Waals surface area contributed by atoms with Crippen molar-refractivity contribution in [3.63, 3.8) is 0 Å². The fourth-order valence-corrected chi connectivity index (χ4v) is 1.40. The second kappa shape index (κ2) is 8.48. The zero-order chi connectivity index (χ0) is 11.7. The molecule has 0 spiro atoms. The van der Waals surface area contributed by atoms with Crippen LogP contribution >= 0.6 is 0 Å². The third kappa shape index (κ3) is 9.47. The van der Waals surface area contributed by atoms with E-state index in [1.165, 1.54) is 0 Å². The molecule has 0 aliphatic heterocycles. The van der Waals surface area contributed by atoms with Crippen molar-refractivity contribution in [1.82, 2.24) is 0 Å². The predicted octanol–water partition coefficient (Wildman–Crippen LogP) is 2.74. The van der Waals surface area contributed by atoms with E-state index < -0.39 is 5.97 Å². The zero-order valence-corrected chi connectivity index (χ0v) is 9.70. The second-order valence-electron chi connectivity index (χ2n) is 4.01. The highest BCUT2D eigenvalue weighted by molar-refractivity contribution is 5.69. The molecule has 0 radical (unpaired) electrons. The minimum Gasteiger partial charge on any atom is -0.481 e. The Balaban J connectivity index is 3.67. The van der Waals surface area contributed by atoms with E-state index in [1.54, 1.807) is 6.92 Å². The van der Waals surface area contributed by atoms with Crippen LogP contribution in [-0.4, -0.2) is 22.3 Å². The highest BCUT2D eigenvalue weighted by Crippen LogP contribution is 2.09. The molecular formula is C12H22O3. The van der Waals surface area contributed by atoms with Crippen LogP contribution < -0.4 is 0 Å². The van der Waals surface area contributed by atoms with Gasteiger partial charge in [-0.2, -0.15) is 0 Å². The summed E-state index contributed by atoms with van der Waals surface area (Å²) in [6.07, 6.45) is 6.30. The van der Waals surface area contributed by atoms with Gasteiger partial charge in [-0.3, -0.25) is 4.79 Å². The summed E-state index contributed by atoms with van der Waals surface area (Å²) in [6, 6.07) is 0. The molecule has 0 fully saturated rings. The van der Waals surface area contributed by atoms with Gasteiger partial charge in [0.05, 0.1) is 12.5 Å². The van der Waals surface area contributed by atoms with E-state index in [0.717, 1.165) is 31.3 Å². The standard InChI is InChI=1S/C12H22O3/c1-3-4-5-6-11(13)8-7-10(2)9-12(14)15/h7,11,13H,3-6,8-9H2,1-2H3,(H,14,15). The Morgan fingerprint density at radius 2 is 2.07 bits per heavy atom. The third-order valence-corrected chi connectivity index (χ3v) is 2.31. The van der Waals surface area contributed by atoms with Gasteiger partial charge in [0.15, 0.2) is 0 Å². The van der Waals surface area contributed by atoms with E-state index in [0.29, 0.717) is 6.42 Å². The first-order valence-electron chi connectivity index (χ1n) is 5.61. The maximum absolute atomic E-state index is 10.4. The number of rotatable bonds is 8. The van der Waals surface area contributed by atoms with Gasteiger partial charge in [0.25, 0.3) is 0 Å². The molecule has 3 heteroatoms. The largest absolute Gasteiger partial charge is 0.481 e. The molecule has 0 saturated carbocycles. The molecule has 0 bridgehead atoms. The number of aliphatic carboxylic acids is 1. The van der Waals surface area contributed by atoms with Gasteiger partial charge in [0, 0.05) is 0 Å². The summed E-state index contributed by atoms with van der Waals surface area (Å²) in [7, 11) is 0. The number of aliphatic hydroxyl groups excluding tert-OH is 1. The Labute approximate surface area is 91.8 Å². The van der Waals surface area contributed by atoms with E-state index in [2.05, 4.69) is 6.92 Å². The van der Waals surface area contributed by atoms with Crippen molar-refractivity contribution in [1.29, 1.82) is 0 Å². The van der Waals surface area contributed by atoms with Crippen molar-refractivity contribution >= 4 is 5.97 Å². The average molecular weight is 214 g/mol. The van der Waals surface area contributed by atoms with Crippen molar-refractivity contribution < 1.29 is 15.0 Å². The Morgan fingerprint density at radius 1 is 1.40 bits per heavy atom. The quantitative estimate of drug-likeness (QED) is 0.482. The summed E-state index contributed by atoms with van der Waals surface area (Å²) in [4.78, 5) is 10.4. The zero-order valence-electron chi connectivity index (χ0n) is 9.70. The van der Waals surface area contributed by atoms with Crippen LogP contribution in [0, 0.1) is 0 Å². The van der Waals surface area contributed by atoms with E-state index in [-0.39, 0.29) is 12.5 Å². The van der Waals surface area contributed by atoms with Crippen LogP contribution in [0.25, 0.3) is 0 Å². The topological polar surface area (TPSA) is 57.5 Å². The number of hydrogen-bond donors (Lipinski definition) is 2. The Morgan fingerprint density at radius 3 is 2.60 bits per heavy atom. The summed E-state index contributed by atoms with van der Waals surface area (Å²) >= 11 is 0. The summed E-state index contributed by atoms with van der Waals surface area (Å²) in [5.41, 5.74) is 0.817. The van der Waals surface area contributed by atoms with Crippen LogP contribution in [-0.2, 0) is 4.79 Å². The summed E-state index contributed by atoms with van der Waals surface area (Å²) in [5, 5.41) is 18.1. The van der Waals surface area contributed by atoms with Crippen LogP contribution in [0.5, 0.6) is 0 Å². The highest BCUT2D eigenvalue weighted by atomic mass is 16.4. The molecule has 0 aromatic rings. The van der Waals surface area contributed by atoms with Crippen LogP contribution in [0.1, 0.15) is 52.4 Å². The van der Waals surface area contributed by atoms with Crippen LogP contribution in [0.2, 0.25) is 0 Å². The molecule has 0 saturated heterocycles. The van der Waals surface area contributed by atoms with Crippen molar-refractivity contribution in [3.05, 3.63) is 11.6 Å². The number of hydrogen-bond acceptors (Lipinski definition) is 2. The maximum Gasteiger partial charge on any atom is 0.307 e. The second-order valence-corrected chi connectivity index (χ2v) is 4.01. The van der Waals surface area contributed by atoms with E-state index >= 15 is 0 Å². The van der Waals surface area contributed by atoms with Crippen molar-refractivity contribution in [2.24, 2.45) is 0 Å². The van der Waals surface area contributed by atoms with E-state index in [1.807, 2.05) is 6.08 Å². The number of carboxylic acids is 1. The molecule has 3 nitrogen and oxygen atoms in total. The van der Waals surface area contributed by atoms with Crippen molar-refractivity contribution in [2.75, 3.05) is 0 Å². The molecule has 0 aromatic heterocycles. The summed E-state index contributed by atoms with van der Waals surface area (Å²) < 4.78 is 0. The first kappa shape index (κ1) is 14.2. The molecule has 2 N–H and O–H groups in total. The van der Waals surface area contributed by atoms with Gasteiger partial charge in [0.2, 0.25) is 0 Å². The number of carbonyl (C=O) groups is 1. The molecule has 1 atom stereocenters. The molecule has 0 rings (SSSR count). The Bertz CT molecular complexity index is 209. The molecule has 0 aliphatic rings. The molecule has 0 aliphatic carbocycles. The lowest BCUT2D eigenvalue weighted by Gasteiger charge is -2.07. The van der Waals surface area contributed by atoms with E-state index in [9.17, 15) is 9.90 Å². The van der Waals surface area contributed by atoms with Crippen LogP contribution in [0.15, 0.2) is 11.6 Å². The number of aliphatic hydroxyl groups is 1. The Kier molecular flexibility index (Phi) is 8.01.